The third-order valence-electron chi connectivity index (χ3n) is 3.31. The average molecular weight is 378 g/mol. The lowest BCUT2D eigenvalue weighted by Gasteiger charge is -2.17. The topological polar surface area (TPSA) is 72.3 Å². The van der Waals surface area contributed by atoms with Crippen molar-refractivity contribution in [1.82, 2.24) is 14.7 Å². The van der Waals surface area contributed by atoms with Crippen LogP contribution in [0.3, 0.4) is 0 Å². The Morgan fingerprint density at radius 2 is 1.92 bits per heavy atom. The highest BCUT2D eigenvalue weighted by Gasteiger charge is 2.30. The first-order valence-corrected chi connectivity index (χ1v) is 8.83. The molecule has 1 aromatic heterocycles. The minimum atomic E-state index is -4.52. The second-order valence-corrected chi connectivity index (χ2v) is 7.00. The molecule has 0 spiro atoms. The van der Waals surface area contributed by atoms with Gasteiger partial charge in [0.15, 0.2) is 0 Å². The number of hydrogen-bond acceptors (Lipinski definition) is 4. The van der Waals surface area contributed by atoms with Crippen LogP contribution < -0.4 is 0 Å². The van der Waals surface area contributed by atoms with Crippen molar-refractivity contribution in [3.63, 3.8) is 0 Å². The number of halogens is 3. The van der Waals surface area contributed by atoms with Crippen LogP contribution in [0.4, 0.5) is 13.6 Å². The molecule has 10 heteroatoms. The molecule has 0 N–H and O–H groups in total. The molecule has 0 aliphatic carbocycles. The van der Waals surface area contributed by atoms with Crippen LogP contribution >= 0.6 is 11.6 Å². The molecule has 1 heterocycles. The molecule has 0 saturated carbocycles. The summed E-state index contributed by atoms with van der Waals surface area (Å²) in [4.78, 5) is 12.7. The van der Waals surface area contributed by atoms with E-state index in [-0.39, 0.29) is 5.02 Å². The molecule has 1 amide bonds. The summed E-state index contributed by atoms with van der Waals surface area (Å²) in [5, 5.41) is 2.59. The Bertz CT molecular complexity index is 879. The largest absolute Gasteiger partial charge is 0.344 e. The fraction of sp³-hybridized carbons (Fsp3) is 0.286. The zero-order chi connectivity index (χ0) is 18.1. The van der Waals surface area contributed by atoms with Gasteiger partial charge in [-0.05, 0) is 32.0 Å². The molecule has 0 atom stereocenters. The summed E-state index contributed by atoms with van der Waals surface area (Å²) >= 11 is 5.86. The minimum Gasteiger partial charge on any atom is -0.323 e. The van der Waals surface area contributed by atoms with Gasteiger partial charge in [-0.2, -0.15) is 9.78 Å². The van der Waals surface area contributed by atoms with Crippen molar-refractivity contribution < 1.29 is 22.0 Å². The molecule has 2 rings (SSSR count). The van der Waals surface area contributed by atoms with Gasteiger partial charge in [-0.15, -0.1) is 0 Å². The van der Waals surface area contributed by atoms with Crippen molar-refractivity contribution in [2.45, 2.75) is 23.8 Å². The second kappa shape index (κ2) is 6.86. The van der Waals surface area contributed by atoms with Crippen LogP contribution in [0.2, 0.25) is 5.02 Å². The van der Waals surface area contributed by atoms with Crippen LogP contribution in [-0.2, 0) is 9.84 Å². The van der Waals surface area contributed by atoms with Gasteiger partial charge < -0.3 is 4.90 Å². The molecule has 0 aliphatic rings. The van der Waals surface area contributed by atoms with Gasteiger partial charge in [0.25, 0.3) is 0 Å². The highest BCUT2D eigenvalue weighted by molar-refractivity contribution is 7.91. The smallest absolute Gasteiger partial charge is 0.323 e. The van der Waals surface area contributed by atoms with Crippen LogP contribution in [0.1, 0.15) is 13.8 Å². The predicted molar refractivity (Wildman–Crippen MR) is 82.8 cm³/mol. The van der Waals surface area contributed by atoms with E-state index < -0.39 is 37.4 Å². The van der Waals surface area contributed by atoms with E-state index in [0.29, 0.717) is 25.2 Å². The number of rotatable bonds is 4. The summed E-state index contributed by atoms with van der Waals surface area (Å²) in [6.07, 6.45) is 1.02. The normalized spacial score (nSPS) is 11.5. The summed E-state index contributed by atoms with van der Waals surface area (Å²) in [5.41, 5.74) is 0. The lowest BCUT2D eigenvalue weighted by Crippen LogP contribution is -2.34. The maximum atomic E-state index is 13.8. The zero-order valence-electron chi connectivity index (χ0n) is 12.8. The Balaban J connectivity index is 2.53. The number of carbonyl (C=O) groups is 1. The van der Waals surface area contributed by atoms with E-state index in [1.807, 2.05) is 0 Å². The van der Waals surface area contributed by atoms with Crippen molar-refractivity contribution in [3.05, 3.63) is 41.1 Å². The Labute approximate surface area is 142 Å². The monoisotopic (exact) mass is 377 g/mol. The molecule has 0 bridgehead atoms. The van der Waals surface area contributed by atoms with Gasteiger partial charge in [0, 0.05) is 13.1 Å². The van der Waals surface area contributed by atoms with Crippen molar-refractivity contribution in [2.75, 3.05) is 13.1 Å². The third-order valence-corrected chi connectivity index (χ3v) is 5.40. The first kappa shape index (κ1) is 18.3. The van der Waals surface area contributed by atoms with E-state index in [9.17, 15) is 22.0 Å². The van der Waals surface area contributed by atoms with E-state index in [1.54, 1.807) is 13.8 Å². The van der Waals surface area contributed by atoms with Gasteiger partial charge >= 0.3 is 6.03 Å². The first-order chi connectivity index (χ1) is 11.2. The predicted octanol–water partition coefficient (Wildman–Crippen LogP) is 2.96. The van der Waals surface area contributed by atoms with E-state index in [4.69, 9.17) is 11.6 Å². The van der Waals surface area contributed by atoms with Gasteiger partial charge in [0.2, 0.25) is 14.9 Å². The fourth-order valence-corrected chi connectivity index (χ4v) is 3.78. The molecule has 6 nitrogen and oxygen atoms in total. The molecule has 130 valence electrons. The number of nitrogens with zero attached hydrogens (tertiary/aromatic N) is 3. The molecular weight excluding hydrogens is 364 g/mol. The second-order valence-electron chi connectivity index (χ2n) is 4.76. The molecule has 1 aromatic carbocycles. The number of carbonyl (C=O) groups excluding carboxylic acids is 1. The van der Waals surface area contributed by atoms with Crippen LogP contribution in [0.5, 0.6) is 0 Å². The van der Waals surface area contributed by atoms with Crippen molar-refractivity contribution in [2.24, 2.45) is 0 Å². The van der Waals surface area contributed by atoms with Crippen LogP contribution in [-0.4, -0.2) is 42.2 Å². The minimum absolute atomic E-state index is 0.362. The van der Waals surface area contributed by atoms with Gasteiger partial charge in [-0.3, -0.25) is 0 Å². The first-order valence-electron chi connectivity index (χ1n) is 6.97. The van der Waals surface area contributed by atoms with Gasteiger partial charge in [0.05, 0.1) is 11.2 Å². The average Bonchev–Trinajstić information content (AvgIpc) is 2.93. The number of aromatic nitrogens is 2. The number of amides is 1. The Kier molecular flexibility index (Phi) is 5.24. The zero-order valence-corrected chi connectivity index (χ0v) is 14.4. The molecule has 0 unspecified atom stereocenters. The Morgan fingerprint density at radius 3 is 2.50 bits per heavy atom. The summed E-state index contributed by atoms with van der Waals surface area (Å²) in [6, 6.07) is 1.43. The van der Waals surface area contributed by atoms with E-state index in [0.717, 1.165) is 16.9 Å². The summed E-state index contributed by atoms with van der Waals surface area (Å²) in [7, 11) is -4.52. The third kappa shape index (κ3) is 3.27. The molecular formula is C14H14ClF2N3O3S. The van der Waals surface area contributed by atoms with Crippen LogP contribution in [0, 0.1) is 11.6 Å². The molecule has 24 heavy (non-hydrogen) atoms. The number of hydrogen-bond donors (Lipinski definition) is 0. The highest BCUT2D eigenvalue weighted by atomic mass is 35.5. The van der Waals surface area contributed by atoms with E-state index >= 15 is 0 Å². The fourth-order valence-electron chi connectivity index (χ4n) is 2.04. The molecule has 0 radical (unpaired) electrons. The summed E-state index contributed by atoms with van der Waals surface area (Å²) in [6.45, 7) is 4.25. The molecule has 0 aliphatic heterocycles. The van der Waals surface area contributed by atoms with Gasteiger partial charge in [0.1, 0.15) is 16.5 Å². The Morgan fingerprint density at radius 1 is 1.29 bits per heavy atom. The maximum Gasteiger partial charge on any atom is 0.344 e. The van der Waals surface area contributed by atoms with Crippen molar-refractivity contribution >= 4 is 27.5 Å². The van der Waals surface area contributed by atoms with Crippen molar-refractivity contribution in [1.29, 1.82) is 0 Å². The van der Waals surface area contributed by atoms with Crippen LogP contribution in [0.15, 0.2) is 34.3 Å². The van der Waals surface area contributed by atoms with Gasteiger partial charge in [-0.1, -0.05) is 11.6 Å². The van der Waals surface area contributed by atoms with E-state index in [2.05, 4.69) is 5.10 Å². The Hall–Kier alpha value is -2.00. The van der Waals surface area contributed by atoms with Crippen molar-refractivity contribution in [3.8, 4) is 0 Å². The van der Waals surface area contributed by atoms with E-state index in [1.165, 1.54) is 4.90 Å². The number of sulfone groups is 1. The molecule has 0 saturated heterocycles. The lowest BCUT2D eigenvalue weighted by molar-refractivity contribution is 0.201. The SMILES string of the molecule is CCN(CC)C(=O)n1cc(Cl)c(S(=O)(=O)c2cc(F)ccc2F)n1. The van der Waals surface area contributed by atoms with Gasteiger partial charge in [-0.25, -0.2) is 22.0 Å². The highest BCUT2D eigenvalue weighted by Crippen LogP contribution is 2.28. The molecule has 0 fully saturated rings. The summed E-state index contributed by atoms with van der Waals surface area (Å²) < 4.78 is 52.8. The number of benzene rings is 1. The molecule has 2 aromatic rings. The summed E-state index contributed by atoms with van der Waals surface area (Å²) in [5.74, 6) is -2.07. The maximum absolute atomic E-state index is 13.8. The standard InChI is InChI=1S/C14H14ClF2N3O3S/c1-3-19(4-2)14(21)20-8-10(15)13(18-20)24(22,23)12-7-9(16)5-6-11(12)17/h5-8H,3-4H2,1-2H3. The van der Waals surface area contributed by atoms with Crippen LogP contribution in [0.25, 0.3) is 0 Å². The quantitative estimate of drug-likeness (QED) is 0.821. The lowest BCUT2D eigenvalue weighted by atomic mass is 10.3.